The molecule has 0 saturated carbocycles. The van der Waals surface area contributed by atoms with Crippen LogP contribution in [-0.4, -0.2) is 82.7 Å². The maximum atomic E-state index is 12.1. The largest absolute Gasteiger partial charge is 0.464 e. The van der Waals surface area contributed by atoms with Gasteiger partial charge in [-0.1, -0.05) is 25.6 Å². The molecule has 0 bridgehead atoms. The summed E-state index contributed by atoms with van der Waals surface area (Å²) in [4.78, 5) is 53.6. The molecule has 1 atom stereocenters. The van der Waals surface area contributed by atoms with Crippen LogP contribution in [-0.2, 0) is 25.5 Å². The van der Waals surface area contributed by atoms with Crippen molar-refractivity contribution < 1.29 is 29.0 Å². The molecule has 3 amide bonds. The smallest absolute Gasteiger partial charge is 0.319 e. The Morgan fingerprint density at radius 2 is 1.97 bits per heavy atom. The Morgan fingerprint density at radius 1 is 1.22 bits per heavy atom. The number of nitrogens with zero attached hydrogens (tertiary/aromatic N) is 1. The predicted octanol–water partition coefficient (Wildman–Crippen LogP) is -1.09. The van der Waals surface area contributed by atoms with Gasteiger partial charge in [-0.05, 0) is 0 Å². The summed E-state index contributed by atoms with van der Waals surface area (Å²) in [6.45, 7) is 3.49. The summed E-state index contributed by atoms with van der Waals surface area (Å²) in [5.74, 6) is -1.19. The molecule has 180 valence electrons. The molecule has 32 heavy (non-hydrogen) atoms. The molecule has 13 heteroatoms. The minimum absolute atomic E-state index is 0.0160. The van der Waals surface area contributed by atoms with Crippen molar-refractivity contribution in [2.24, 2.45) is 11.1 Å². The summed E-state index contributed by atoms with van der Waals surface area (Å²) in [6, 6.07) is 0. The van der Waals surface area contributed by atoms with E-state index < -0.39 is 23.4 Å². The zero-order valence-corrected chi connectivity index (χ0v) is 19.1. The standard InChI is InChI=1S/C19H32N6O6S/c1-19(2,11-31-15(27)9-20)16(28)17(29)23-6-4-14(26)22-7-8-32-18(30)24-5-3-13-10-21-12-25-13/h10,12,16,28H,3-9,11,20H2,1-2H3,(H,21,25)(H,22,26)(H,23,29)(H,24,30)/t16-/m0/s1. The van der Waals surface area contributed by atoms with Crippen LogP contribution in [0.4, 0.5) is 4.79 Å². The third kappa shape index (κ3) is 11.1. The fourth-order valence-corrected chi connectivity index (χ4v) is 2.94. The number of amides is 3. The average Bonchev–Trinajstić information content (AvgIpc) is 3.28. The number of imidazole rings is 1. The number of aromatic nitrogens is 2. The van der Waals surface area contributed by atoms with E-state index in [4.69, 9.17) is 10.5 Å². The van der Waals surface area contributed by atoms with E-state index in [9.17, 15) is 24.3 Å². The highest BCUT2D eigenvalue weighted by Gasteiger charge is 2.34. The Labute approximate surface area is 190 Å². The van der Waals surface area contributed by atoms with Crippen LogP contribution in [0.1, 0.15) is 26.0 Å². The number of aliphatic hydroxyl groups excluding tert-OH is 1. The fraction of sp³-hybridized carbons (Fsp3) is 0.632. The Morgan fingerprint density at radius 3 is 2.62 bits per heavy atom. The molecule has 0 saturated heterocycles. The van der Waals surface area contributed by atoms with E-state index >= 15 is 0 Å². The molecule has 1 aromatic heterocycles. The second kappa shape index (κ2) is 14.4. The van der Waals surface area contributed by atoms with Crippen molar-refractivity contribution in [2.75, 3.05) is 38.5 Å². The lowest BCUT2D eigenvalue weighted by atomic mass is 9.87. The van der Waals surface area contributed by atoms with Crippen molar-refractivity contribution in [1.82, 2.24) is 25.9 Å². The maximum Gasteiger partial charge on any atom is 0.319 e. The highest BCUT2D eigenvalue weighted by molar-refractivity contribution is 8.13. The zero-order chi connectivity index (χ0) is 24.0. The fourth-order valence-electron chi connectivity index (χ4n) is 2.35. The third-order valence-electron chi connectivity index (χ3n) is 4.29. The van der Waals surface area contributed by atoms with E-state index in [1.165, 1.54) is 0 Å². The number of ether oxygens (including phenoxy) is 1. The van der Waals surface area contributed by atoms with Gasteiger partial charge in [0.1, 0.15) is 6.10 Å². The van der Waals surface area contributed by atoms with E-state index in [2.05, 4.69) is 25.9 Å². The van der Waals surface area contributed by atoms with Crippen LogP contribution in [0.25, 0.3) is 0 Å². The number of esters is 1. The molecule has 1 aromatic rings. The van der Waals surface area contributed by atoms with Gasteiger partial charge in [-0.3, -0.25) is 19.2 Å². The van der Waals surface area contributed by atoms with Crippen molar-refractivity contribution in [3.8, 4) is 0 Å². The molecule has 1 rings (SSSR count). The van der Waals surface area contributed by atoms with Gasteiger partial charge in [0, 0.05) is 55.5 Å². The first-order valence-electron chi connectivity index (χ1n) is 10.1. The summed E-state index contributed by atoms with van der Waals surface area (Å²) in [5, 5.41) is 17.9. The molecule has 0 aromatic carbocycles. The molecule has 0 fully saturated rings. The number of carbonyl (C=O) groups excluding carboxylic acids is 4. The van der Waals surface area contributed by atoms with Gasteiger partial charge in [0.25, 0.3) is 5.24 Å². The van der Waals surface area contributed by atoms with Gasteiger partial charge >= 0.3 is 5.97 Å². The number of hydrogen-bond donors (Lipinski definition) is 6. The quantitative estimate of drug-likeness (QED) is 0.144. The molecule has 1 heterocycles. The molecule has 0 aliphatic rings. The molecule has 0 radical (unpaired) electrons. The van der Waals surface area contributed by atoms with Gasteiger partial charge in [-0.25, -0.2) is 4.98 Å². The molecular weight excluding hydrogens is 440 g/mol. The van der Waals surface area contributed by atoms with Crippen molar-refractivity contribution in [3.63, 3.8) is 0 Å². The summed E-state index contributed by atoms with van der Waals surface area (Å²) in [5.41, 5.74) is 5.06. The number of aliphatic hydroxyl groups is 1. The monoisotopic (exact) mass is 472 g/mol. The third-order valence-corrected chi connectivity index (χ3v) is 5.10. The van der Waals surface area contributed by atoms with Crippen LogP contribution in [0.2, 0.25) is 0 Å². The predicted molar refractivity (Wildman–Crippen MR) is 119 cm³/mol. The number of carbonyl (C=O) groups is 4. The van der Waals surface area contributed by atoms with Gasteiger partial charge in [-0.15, -0.1) is 0 Å². The van der Waals surface area contributed by atoms with Gasteiger partial charge in [-0.2, -0.15) is 0 Å². The molecule has 0 spiro atoms. The van der Waals surface area contributed by atoms with E-state index in [0.717, 1.165) is 17.5 Å². The highest BCUT2D eigenvalue weighted by atomic mass is 32.2. The first-order valence-corrected chi connectivity index (χ1v) is 11.1. The zero-order valence-electron chi connectivity index (χ0n) is 18.3. The topological polar surface area (TPSA) is 189 Å². The van der Waals surface area contributed by atoms with Gasteiger partial charge in [0.15, 0.2) is 0 Å². The lowest BCUT2D eigenvalue weighted by Crippen LogP contribution is -2.47. The van der Waals surface area contributed by atoms with Crippen molar-refractivity contribution in [2.45, 2.75) is 32.8 Å². The SMILES string of the molecule is CC(C)(COC(=O)CN)[C@@H](O)C(=O)NCCC(=O)NCCSC(=O)NCCc1cnc[nH]1. The number of hydrogen-bond acceptors (Lipinski definition) is 9. The summed E-state index contributed by atoms with van der Waals surface area (Å²) < 4.78 is 4.88. The van der Waals surface area contributed by atoms with Crippen molar-refractivity contribution >= 4 is 34.8 Å². The minimum atomic E-state index is -1.43. The van der Waals surface area contributed by atoms with Crippen LogP contribution < -0.4 is 21.7 Å². The van der Waals surface area contributed by atoms with Crippen LogP contribution >= 0.6 is 11.8 Å². The lowest BCUT2D eigenvalue weighted by molar-refractivity contribution is -0.152. The van der Waals surface area contributed by atoms with Crippen LogP contribution in [0.5, 0.6) is 0 Å². The van der Waals surface area contributed by atoms with E-state index in [-0.39, 0.29) is 37.3 Å². The van der Waals surface area contributed by atoms with Crippen LogP contribution in [0.3, 0.4) is 0 Å². The Hall–Kier alpha value is -2.64. The van der Waals surface area contributed by atoms with Gasteiger partial charge < -0.3 is 36.5 Å². The first-order chi connectivity index (χ1) is 15.2. The molecule has 0 aliphatic carbocycles. The Kier molecular flexibility index (Phi) is 12.4. The Bertz CT molecular complexity index is 743. The number of rotatable bonds is 14. The number of nitrogens with one attached hydrogen (secondary N) is 4. The number of nitrogens with two attached hydrogens (primary N) is 1. The number of H-pyrrole nitrogens is 1. The normalized spacial score (nSPS) is 12.0. The lowest BCUT2D eigenvalue weighted by Gasteiger charge is -2.28. The van der Waals surface area contributed by atoms with Crippen LogP contribution in [0.15, 0.2) is 12.5 Å². The Balaban J connectivity index is 2.12. The van der Waals surface area contributed by atoms with Crippen LogP contribution in [0, 0.1) is 5.41 Å². The van der Waals surface area contributed by atoms with E-state index in [1.807, 2.05) is 0 Å². The highest BCUT2D eigenvalue weighted by Crippen LogP contribution is 2.21. The number of thioether (sulfide) groups is 1. The molecule has 12 nitrogen and oxygen atoms in total. The average molecular weight is 473 g/mol. The molecule has 0 aliphatic heterocycles. The van der Waals surface area contributed by atoms with Gasteiger partial charge in [0.2, 0.25) is 11.8 Å². The van der Waals surface area contributed by atoms with Crippen molar-refractivity contribution in [1.29, 1.82) is 0 Å². The first kappa shape index (κ1) is 27.4. The maximum absolute atomic E-state index is 12.1. The number of aromatic amines is 1. The van der Waals surface area contributed by atoms with Crippen molar-refractivity contribution in [3.05, 3.63) is 18.2 Å². The molecule has 0 unspecified atom stereocenters. The summed E-state index contributed by atoms with van der Waals surface area (Å²) in [6.07, 6.45) is 2.51. The van der Waals surface area contributed by atoms with Gasteiger partial charge in [0.05, 0.1) is 19.5 Å². The minimum Gasteiger partial charge on any atom is -0.464 e. The summed E-state index contributed by atoms with van der Waals surface area (Å²) >= 11 is 1.06. The molecule has 7 N–H and O–H groups in total. The molecular formula is C19H32N6O6S. The second-order valence-electron chi connectivity index (χ2n) is 7.54. The second-order valence-corrected chi connectivity index (χ2v) is 8.60. The van der Waals surface area contributed by atoms with E-state index in [1.54, 1.807) is 26.4 Å². The summed E-state index contributed by atoms with van der Waals surface area (Å²) in [7, 11) is 0. The van der Waals surface area contributed by atoms with E-state index in [0.29, 0.717) is 25.3 Å².